The minimum Gasteiger partial charge on any atom is -0.331 e. The third-order valence-electron chi connectivity index (χ3n) is 3.07. The molecule has 1 aromatic heterocycles. The number of hydrogen-bond donors (Lipinski definition) is 3. The Bertz CT molecular complexity index is 706. The molecule has 1 unspecified atom stereocenters. The fourth-order valence-electron chi connectivity index (χ4n) is 1.97. The van der Waals surface area contributed by atoms with Gasteiger partial charge < -0.3 is 16.0 Å². The van der Waals surface area contributed by atoms with Crippen molar-refractivity contribution >= 4 is 34.9 Å². The number of anilines is 2. The second-order valence-electron chi connectivity index (χ2n) is 4.98. The number of benzene rings is 1. The highest BCUT2D eigenvalue weighted by Crippen LogP contribution is 2.25. The van der Waals surface area contributed by atoms with Crippen LogP contribution >= 0.6 is 11.6 Å². The van der Waals surface area contributed by atoms with Gasteiger partial charge in [0, 0.05) is 25.0 Å². The lowest BCUT2D eigenvalue weighted by Gasteiger charge is -2.15. The second-order valence-corrected chi connectivity index (χ2v) is 5.39. The number of rotatable bonds is 4. The van der Waals surface area contributed by atoms with Crippen molar-refractivity contribution < 1.29 is 9.59 Å². The molecular weight excluding hydrogens is 316 g/mol. The fourth-order valence-corrected chi connectivity index (χ4v) is 2.14. The van der Waals surface area contributed by atoms with Gasteiger partial charge in [-0.05, 0) is 36.8 Å². The highest BCUT2D eigenvalue weighted by Gasteiger charge is 2.11. The first-order chi connectivity index (χ1) is 11.0. The first kappa shape index (κ1) is 16.8. The molecule has 0 aliphatic carbocycles. The molecule has 3 amide bonds. The van der Waals surface area contributed by atoms with Crippen molar-refractivity contribution in [2.45, 2.75) is 19.9 Å². The molecule has 0 radical (unpaired) electrons. The van der Waals surface area contributed by atoms with Crippen LogP contribution in [0.5, 0.6) is 0 Å². The first-order valence-corrected chi connectivity index (χ1v) is 7.38. The van der Waals surface area contributed by atoms with Gasteiger partial charge in [0.05, 0.1) is 16.8 Å². The van der Waals surface area contributed by atoms with Crippen LogP contribution in [0.2, 0.25) is 5.02 Å². The van der Waals surface area contributed by atoms with Crippen LogP contribution in [0, 0.1) is 0 Å². The second kappa shape index (κ2) is 7.60. The lowest BCUT2D eigenvalue weighted by atomic mass is 10.1. The third-order valence-corrected chi connectivity index (χ3v) is 3.40. The summed E-state index contributed by atoms with van der Waals surface area (Å²) < 4.78 is 0. The number of carbonyl (C=O) groups excluding carboxylic acids is 2. The summed E-state index contributed by atoms with van der Waals surface area (Å²) in [5.41, 5.74) is 1.85. The number of hydrogen-bond acceptors (Lipinski definition) is 3. The Labute approximate surface area is 139 Å². The number of carbonyl (C=O) groups is 2. The van der Waals surface area contributed by atoms with E-state index in [-0.39, 0.29) is 11.9 Å². The van der Waals surface area contributed by atoms with E-state index in [9.17, 15) is 9.59 Å². The molecule has 1 aromatic carbocycles. The molecule has 23 heavy (non-hydrogen) atoms. The van der Waals surface area contributed by atoms with E-state index in [4.69, 9.17) is 11.6 Å². The molecule has 1 heterocycles. The van der Waals surface area contributed by atoms with Gasteiger partial charge in [0.15, 0.2) is 0 Å². The van der Waals surface area contributed by atoms with Gasteiger partial charge in [-0.2, -0.15) is 0 Å². The van der Waals surface area contributed by atoms with Crippen LogP contribution < -0.4 is 16.0 Å². The van der Waals surface area contributed by atoms with E-state index in [0.717, 1.165) is 5.56 Å². The Morgan fingerprint density at radius 3 is 2.65 bits per heavy atom. The van der Waals surface area contributed by atoms with E-state index in [0.29, 0.717) is 16.4 Å². The van der Waals surface area contributed by atoms with Crippen molar-refractivity contribution in [3.05, 3.63) is 53.3 Å². The van der Waals surface area contributed by atoms with Gasteiger partial charge in [0.2, 0.25) is 5.91 Å². The van der Waals surface area contributed by atoms with E-state index < -0.39 is 6.03 Å². The summed E-state index contributed by atoms with van der Waals surface area (Å²) in [4.78, 5) is 27.2. The number of halogens is 1. The molecule has 7 heteroatoms. The molecule has 2 rings (SSSR count). The Morgan fingerprint density at radius 2 is 2.00 bits per heavy atom. The summed E-state index contributed by atoms with van der Waals surface area (Å²) in [7, 11) is 0. The zero-order chi connectivity index (χ0) is 16.8. The van der Waals surface area contributed by atoms with Crippen LogP contribution in [0.15, 0.2) is 42.7 Å². The SMILES string of the molecule is CC(=O)Nc1ccc(Cl)c(NC(=O)NC(C)c2cccnc2)c1. The summed E-state index contributed by atoms with van der Waals surface area (Å²) in [5.74, 6) is -0.201. The number of urea groups is 1. The Morgan fingerprint density at radius 1 is 1.22 bits per heavy atom. The zero-order valence-electron chi connectivity index (χ0n) is 12.8. The maximum absolute atomic E-state index is 12.1. The molecule has 0 bridgehead atoms. The molecule has 0 aliphatic rings. The monoisotopic (exact) mass is 332 g/mol. The average molecular weight is 333 g/mol. The molecule has 0 aliphatic heterocycles. The molecule has 0 spiro atoms. The van der Waals surface area contributed by atoms with Gasteiger partial charge in [-0.3, -0.25) is 9.78 Å². The highest BCUT2D eigenvalue weighted by molar-refractivity contribution is 6.33. The van der Waals surface area contributed by atoms with Gasteiger partial charge in [0.25, 0.3) is 0 Å². The fraction of sp³-hybridized carbons (Fsp3) is 0.188. The summed E-state index contributed by atoms with van der Waals surface area (Å²) in [5, 5.41) is 8.48. The summed E-state index contributed by atoms with van der Waals surface area (Å²) >= 11 is 6.07. The van der Waals surface area contributed by atoms with Gasteiger partial charge in [-0.1, -0.05) is 17.7 Å². The van der Waals surface area contributed by atoms with Crippen molar-refractivity contribution in [2.75, 3.05) is 10.6 Å². The standard InChI is InChI=1S/C16H17ClN4O2/c1-10(12-4-3-7-18-9-12)19-16(23)21-15-8-13(20-11(2)22)5-6-14(15)17/h3-10H,1-2H3,(H,20,22)(H2,19,21,23). The lowest BCUT2D eigenvalue weighted by molar-refractivity contribution is -0.114. The maximum atomic E-state index is 12.1. The van der Waals surface area contributed by atoms with Crippen molar-refractivity contribution in [3.8, 4) is 0 Å². The topological polar surface area (TPSA) is 83.1 Å². The number of nitrogens with one attached hydrogen (secondary N) is 3. The number of aromatic nitrogens is 1. The zero-order valence-corrected chi connectivity index (χ0v) is 13.5. The van der Waals surface area contributed by atoms with Crippen molar-refractivity contribution in [1.29, 1.82) is 0 Å². The molecule has 2 aromatic rings. The Balaban J connectivity index is 2.03. The number of nitrogens with zero attached hydrogens (tertiary/aromatic N) is 1. The summed E-state index contributed by atoms with van der Waals surface area (Å²) in [6.45, 7) is 3.26. The molecule has 0 saturated carbocycles. The van der Waals surface area contributed by atoms with Crippen LogP contribution in [0.1, 0.15) is 25.5 Å². The molecule has 6 nitrogen and oxygen atoms in total. The van der Waals surface area contributed by atoms with Crippen LogP contribution in [-0.2, 0) is 4.79 Å². The maximum Gasteiger partial charge on any atom is 0.319 e. The van der Waals surface area contributed by atoms with Gasteiger partial charge in [0.1, 0.15) is 0 Å². The third kappa shape index (κ3) is 4.96. The Hall–Kier alpha value is -2.60. The summed E-state index contributed by atoms with van der Waals surface area (Å²) in [6, 6.07) is 7.93. The summed E-state index contributed by atoms with van der Waals surface area (Å²) in [6.07, 6.45) is 3.36. The van der Waals surface area contributed by atoms with Crippen LogP contribution in [0.4, 0.5) is 16.2 Å². The largest absolute Gasteiger partial charge is 0.331 e. The molecule has 0 saturated heterocycles. The van der Waals surface area contributed by atoms with Crippen molar-refractivity contribution in [1.82, 2.24) is 10.3 Å². The number of amides is 3. The minimum absolute atomic E-state index is 0.201. The van der Waals surface area contributed by atoms with E-state index in [1.54, 1.807) is 36.7 Å². The smallest absolute Gasteiger partial charge is 0.319 e. The molecule has 120 valence electrons. The highest BCUT2D eigenvalue weighted by atomic mass is 35.5. The van der Waals surface area contributed by atoms with E-state index in [1.165, 1.54) is 6.92 Å². The van der Waals surface area contributed by atoms with E-state index in [2.05, 4.69) is 20.9 Å². The predicted molar refractivity (Wildman–Crippen MR) is 90.6 cm³/mol. The molecule has 0 fully saturated rings. The first-order valence-electron chi connectivity index (χ1n) is 7.00. The van der Waals surface area contributed by atoms with Crippen LogP contribution in [0.3, 0.4) is 0 Å². The van der Waals surface area contributed by atoms with Crippen molar-refractivity contribution in [2.24, 2.45) is 0 Å². The van der Waals surface area contributed by atoms with Crippen molar-refractivity contribution in [3.63, 3.8) is 0 Å². The van der Waals surface area contributed by atoms with Gasteiger partial charge >= 0.3 is 6.03 Å². The van der Waals surface area contributed by atoms with Crippen LogP contribution in [-0.4, -0.2) is 16.9 Å². The van der Waals surface area contributed by atoms with E-state index in [1.807, 2.05) is 13.0 Å². The van der Waals surface area contributed by atoms with Crippen LogP contribution in [0.25, 0.3) is 0 Å². The average Bonchev–Trinajstić information content (AvgIpc) is 2.51. The molecule has 1 atom stereocenters. The minimum atomic E-state index is -0.400. The van der Waals surface area contributed by atoms with Gasteiger partial charge in [-0.25, -0.2) is 4.79 Å². The van der Waals surface area contributed by atoms with E-state index >= 15 is 0 Å². The Kier molecular flexibility index (Phi) is 5.54. The molecule has 3 N–H and O–H groups in total. The number of pyridine rings is 1. The quantitative estimate of drug-likeness (QED) is 0.800. The lowest BCUT2D eigenvalue weighted by Crippen LogP contribution is -2.31. The molecular formula is C16H17ClN4O2. The van der Waals surface area contributed by atoms with Gasteiger partial charge in [-0.15, -0.1) is 0 Å². The normalized spacial score (nSPS) is 11.4. The predicted octanol–water partition coefficient (Wildman–Crippen LogP) is 3.58.